The van der Waals surface area contributed by atoms with Gasteiger partial charge in [0.25, 0.3) is 0 Å². The number of aryl methyl sites for hydroxylation is 1. The van der Waals surface area contributed by atoms with Crippen LogP contribution in [0.4, 0.5) is 0 Å². The van der Waals surface area contributed by atoms with Crippen LogP contribution in [0.2, 0.25) is 0 Å². The highest BCUT2D eigenvalue weighted by molar-refractivity contribution is 7.89. The lowest BCUT2D eigenvalue weighted by atomic mass is 9.95. The molecule has 2 aromatic carbocycles. The standard InChI is InChI=1S/C26H35N3O5S2/c1-21-9-13-25(14-10-21)36(33,34)29(23-7-3-2-4-8-23)20-26(30)27-19-22-11-15-24(16-12-22)35(31,32)28-17-5-6-18-28/h9-16,23H,2-8,17-20H2,1H3,(H,27,30). The number of rotatable bonds is 9. The van der Waals surface area contributed by atoms with Gasteiger partial charge in [-0.2, -0.15) is 8.61 Å². The zero-order valence-electron chi connectivity index (χ0n) is 20.7. The molecule has 10 heteroatoms. The quantitative estimate of drug-likeness (QED) is 0.532. The fourth-order valence-corrected chi connectivity index (χ4v) is 8.04. The van der Waals surface area contributed by atoms with Crippen LogP contribution in [-0.2, 0) is 31.4 Å². The van der Waals surface area contributed by atoms with Gasteiger partial charge in [-0.3, -0.25) is 4.79 Å². The Balaban J connectivity index is 1.42. The van der Waals surface area contributed by atoms with Crippen molar-refractivity contribution < 1.29 is 21.6 Å². The van der Waals surface area contributed by atoms with E-state index in [1.54, 1.807) is 48.5 Å². The highest BCUT2D eigenvalue weighted by atomic mass is 32.2. The molecule has 1 saturated carbocycles. The molecule has 196 valence electrons. The van der Waals surface area contributed by atoms with Crippen molar-refractivity contribution in [2.45, 2.75) is 74.2 Å². The van der Waals surface area contributed by atoms with Gasteiger partial charge < -0.3 is 5.32 Å². The average molecular weight is 534 g/mol. The van der Waals surface area contributed by atoms with Gasteiger partial charge in [-0.25, -0.2) is 16.8 Å². The lowest BCUT2D eigenvalue weighted by Crippen LogP contribution is -2.46. The van der Waals surface area contributed by atoms with Crippen LogP contribution >= 0.6 is 0 Å². The molecule has 1 aliphatic carbocycles. The molecule has 0 radical (unpaired) electrons. The van der Waals surface area contributed by atoms with Crippen molar-refractivity contribution in [2.75, 3.05) is 19.6 Å². The van der Waals surface area contributed by atoms with Crippen molar-refractivity contribution in [1.82, 2.24) is 13.9 Å². The molecule has 4 rings (SSSR count). The minimum Gasteiger partial charge on any atom is -0.351 e. The summed E-state index contributed by atoms with van der Waals surface area (Å²) in [6, 6.07) is 13.0. The van der Waals surface area contributed by atoms with Gasteiger partial charge >= 0.3 is 0 Å². The largest absolute Gasteiger partial charge is 0.351 e. The van der Waals surface area contributed by atoms with Gasteiger partial charge in [0.15, 0.2) is 0 Å². The fourth-order valence-electron chi connectivity index (χ4n) is 4.88. The van der Waals surface area contributed by atoms with Crippen LogP contribution in [0.3, 0.4) is 0 Å². The fraction of sp³-hybridized carbons (Fsp3) is 0.500. The molecule has 2 aromatic rings. The topological polar surface area (TPSA) is 104 Å². The molecule has 0 unspecified atom stereocenters. The first-order valence-corrected chi connectivity index (χ1v) is 15.5. The molecule has 1 amide bonds. The summed E-state index contributed by atoms with van der Waals surface area (Å²) in [5.74, 6) is -0.384. The van der Waals surface area contributed by atoms with E-state index in [4.69, 9.17) is 0 Å². The smallest absolute Gasteiger partial charge is 0.243 e. The maximum Gasteiger partial charge on any atom is 0.243 e. The van der Waals surface area contributed by atoms with E-state index in [2.05, 4.69) is 5.32 Å². The monoisotopic (exact) mass is 533 g/mol. The summed E-state index contributed by atoms with van der Waals surface area (Å²) in [7, 11) is -7.31. The molecule has 1 N–H and O–H groups in total. The molecule has 2 fully saturated rings. The van der Waals surface area contributed by atoms with Crippen LogP contribution < -0.4 is 5.32 Å². The molecule has 1 aliphatic heterocycles. The Morgan fingerprint density at radius 1 is 0.861 bits per heavy atom. The highest BCUT2D eigenvalue weighted by Crippen LogP contribution is 2.28. The van der Waals surface area contributed by atoms with Gasteiger partial charge in [-0.1, -0.05) is 49.1 Å². The highest BCUT2D eigenvalue weighted by Gasteiger charge is 2.34. The first-order valence-electron chi connectivity index (χ1n) is 12.6. The van der Waals surface area contributed by atoms with Gasteiger partial charge in [0.05, 0.1) is 16.3 Å². The summed E-state index contributed by atoms with van der Waals surface area (Å²) >= 11 is 0. The first kappa shape index (κ1) is 26.8. The maximum atomic E-state index is 13.5. The summed E-state index contributed by atoms with van der Waals surface area (Å²) in [6.45, 7) is 2.93. The van der Waals surface area contributed by atoms with E-state index < -0.39 is 20.0 Å². The predicted molar refractivity (Wildman–Crippen MR) is 138 cm³/mol. The van der Waals surface area contributed by atoms with Crippen LogP contribution in [0.1, 0.15) is 56.1 Å². The van der Waals surface area contributed by atoms with E-state index in [0.29, 0.717) is 13.1 Å². The summed E-state index contributed by atoms with van der Waals surface area (Å²) in [5, 5.41) is 2.81. The molecule has 0 spiro atoms. The second kappa shape index (κ2) is 11.4. The van der Waals surface area contributed by atoms with Gasteiger partial charge in [0.2, 0.25) is 26.0 Å². The number of benzene rings is 2. The Bertz CT molecular complexity index is 1250. The van der Waals surface area contributed by atoms with Crippen LogP contribution in [0, 0.1) is 6.92 Å². The zero-order chi connectivity index (χ0) is 25.8. The Kier molecular flexibility index (Phi) is 8.49. The SMILES string of the molecule is Cc1ccc(S(=O)(=O)N(CC(=O)NCc2ccc(S(=O)(=O)N3CCCC3)cc2)C2CCCCC2)cc1. The first-order chi connectivity index (χ1) is 17.2. The van der Waals surface area contributed by atoms with Crippen molar-refractivity contribution in [2.24, 2.45) is 0 Å². The van der Waals surface area contributed by atoms with Gasteiger partial charge in [0, 0.05) is 25.7 Å². The average Bonchev–Trinajstić information content (AvgIpc) is 3.43. The lowest BCUT2D eigenvalue weighted by molar-refractivity contribution is -0.121. The van der Waals surface area contributed by atoms with E-state index in [1.807, 2.05) is 6.92 Å². The van der Waals surface area contributed by atoms with Gasteiger partial charge in [-0.15, -0.1) is 0 Å². The molecular formula is C26H35N3O5S2. The third-order valence-corrected chi connectivity index (χ3v) is 10.9. The van der Waals surface area contributed by atoms with Crippen LogP contribution in [-0.4, -0.2) is 57.0 Å². The number of nitrogens with one attached hydrogen (secondary N) is 1. The van der Waals surface area contributed by atoms with E-state index in [9.17, 15) is 21.6 Å². The van der Waals surface area contributed by atoms with Crippen molar-refractivity contribution in [3.05, 3.63) is 59.7 Å². The normalized spacial score (nSPS) is 17.9. The summed E-state index contributed by atoms with van der Waals surface area (Å²) in [4.78, 5) is 13.3. The lowest BCUT2D eigenvalue weighted by Gasteiger charge is -2.33. The molecule has 0 atom stereocenters. The maximum absolute atomic E-state index is 13.5. The van der Waals surface area contributed by atoms with Crippen molar-refractivity contribution in [3.8, 4) is 0 Å². The molecule has 0 bridgehead atoms. The second-order valence-electron chi connectivity index (χ2n) is 9.69. The van der Waals surface area contributed by atoms with Crippen LogP contribution in [0.25, 0.3) is 0 Å². The van der Waals surface area contributed by atoms with E-state index in [1.165, 1.54) is 8.61 Å². The third kappa shape index (κ3) is 6.16. The van der Waals surface area contributed by atoms with Gasteiger partial charge in [-0.05, 0) is 62.4 Å². The Morgan fingerprint density at radius 3 is 2.06 bits per heavy atom. The van der Waals surface area contributed by atoms with E-state index >= 15 is 0 Å². The number of amides is 1. The number of sulfonamides is 2. The predicted octanol–water partition coefficient (Wildman–Crippen LogP) is 3.42. The molecule has 8 nitrogen and oxygen atoms in total. The minimum atomic E-state index is -3.82. The van der Waals surface area contributed by atoms with Crippen LogP contribution in [0.5, 0.6) is 0 Å². The number of hydrogen-bond acceptors (Lipinski definition) is 5. The molecule has 1 heterocycles. The zero-order valence-corrected chi connectivity index (χ0v) is 22.4. The molecule has 2 aliphatic rings. The van der Waals surface area contributed by atoms with Crippen molar-refractivity contribution >= 4 is 26.0 Å². The van der Waals surface area contributed by atoms with E-state index in [-0.39, 0.29) is 34.8 Å². The molecular weight excluding hydrogens is 498 g/mol. The summed E-state index contributed by atoms with van der Waals surface area (Å²) < 4.78 is 55.2. The van der Waals surface area contributed by atoms with Gasteiger partial charge in [0.1, 0.15) is 0 Å². The number of nitrogens with zero attached hydrogens (tertiary/aromatic N) is 2. The molecule has 1 saturated heterocycles. The second-order valence-corrected chi connectivity index (χ2v) is 13.5. The van der Waals surface area contributed by atoms with E-state index in [0.717, 1.165) is 56.1 Å². The molecule has 0 aromatic heterocycles. The number of hydrogen-bond donors (Lipinski definition) is 1. The summed E-state index contributed by atoms with van der Waals surface area (Å²) in [6.07, 6.45) is 6.20. The van der Waals surface area contributed by atoms with Crippen LogP contribution in [0.15, 0.2) is 58.3 Å². The number of carbonyl (C=O) groups is 1. The third-order valence-electron chi connectivity index (χ3n) is 7.02. The Morgan fingerprint density at radius 2 is 1.44 bits per heavy atom. The minimum absolute atomic E-state index is 0.186. The number of carbonyl (C=O) groups excluding carboxylic acids is 1. The summed E-state index contributed by atoms with van der Waals surface area (Å²) in [5.41, 5.74) is 1.71. The Labute approximate surface area is 214 Å². The van der Waals surface area contributed by atoms with Crippen molar-refractivity contribution in [3.63, 3.8) is 0 Å². The Hall–Kier alpha value is -2.27. The van der Waals surface area contributed by atoms with Crippen molar-refractivity contribution in [1.29, 1.82) is 0 Å². The molecule has 36 heavy (non-hydrogen) atoms.